The number of hydrogen-bond acceptors (Lipinski definition) is 3. The zero-order chi connectivity index (χ0) is 5.70. The third-order valence-electron chi connectivity index (χ3n) is 0.627. The summed E-state index contributed by atoms with van der Waals surface area (Å²) in [6.07, 6.45) is 1.10. The number of carbonyl (C=O) groups excluding carboxylic acids is 2. The molecular weight excluding hydrogens is 94.0 g/mol. The van der Waals surface area contributed by atoms with Crippen LogP contribution in [0.5, 0.6) is 0 Å². The average Bonchev–Trinajstić information content (AvgIpc) is 1.72. The fourth-order valence-corrected chi connectivity index (χ4v) is 0.168. The summed E-state index contributed by atoms with van der Waals surface area (Å²) in [4.78, 5) is 19.3. The Hall–Kier alpha value is -0.700. The van der Waals surface area contributed by atoms with E-state index in [-0.39, 0.29) is 0 Å². The van der Waals surface area contributed by atoms with E-state index < -0.39 is 6.04 Å². The van der Waals surface area contributed by atoms with Crippen molar-refractivity contribution in [3.8, 4) is 0 Å². The van der Waals surface area contributed by atoms with Gasteiger partial charge >= 0.3 is 0 Å². The third-order valence-corrected chi connectivity index (χ3v) is 0.627. The lowest BCUT2D eigenvalue weighted by atomic mass is 10.4. The maximum atomic E-state index is 9.67. The number of likely N-dealkylation sites (N-methyl/N-ethyl adjacent to an activating group) is 1. The maximum Gasteiger partial charge on any atom is 0.144 e. The van der Waals surface area contributed by atoms with E-state index in [9.17, 15) is 9.59 Å². The highest BCUT2D eigenvalue weighted by molar-refractivity contribution is 5.81. The lowest BCUT2D eigenvalue weighted by Gasteiger charge is -1.93. The van der Waals surface area contributed by atoms with Gasteiger partial charge in [0, 0.05) is 0 Å². The first-order chi connectivity index (χ1) is 3.35. The van der Waals surface area contributed by atoms with Gasteiger partial charge in [0.15, 0.2) is 0 Å². The second kappa shape index (κ2) is 3.49. The second-order valence-electron chi connectivity index (χ2n) is 1.09. The first kappa shape index (κ1) is 6.30. The molecule has 0 bridgehead atoms. The van der Waals surface area contributed by atoms with Crippen LogP contribution in [-0.4, -0.2) is 25.7 Å². The Morgan fingerprint density at radius 1 is 1.43 bits per heavy atom. The number of hydrogen-bond donors (Lipinski definition) is 1. The van der Waals surface area contributed by atoms with Gasteiger partial charge in [-0.25, -0.2) is 0 Å². The number of rotatable bonds is 3. The number of carbonyl (C=O) groups is 2. The summed E-state index contributed by atoms with van der Waals surface area (Å²) in [6.45, 7) is 0. The first-order valence-corrected chi connectivity index (χ1v) is 1.93. The Labute approximate surface area is 41.7 Å². The van der Waals surface area contributed by atoms with Gasteiger partial charge in [-0.1, -0.05) is 0 Å². The van der Waals surface area contributed by atoms with Crippen molar-refractivity contribution in [2.75, 3.05) is 7.05 Å². The van der Waals surface area contributed by atoms with Gasteiger partial charge in [0.05, 0.1) is 0 Å². The fraction of sp³-hybridized carbons (Fsp3) is 0.500. The summed E-state index contributed by atoms with van der Waals surface area (Å²) >= 11 is 0. The highest BCUT2D eigenvalue weighted by Crippen LogP contribution is 1.61. The van der Waals surface area contributed by atoms with Gasteiger partial charge < -0.3 is 14.9 Å². The van der Waals surface area contributed by atoms with Crippen LogP contribution in [0.1, 0.15) is 0 Å². The molecule has 0 saturated heterocycles. The molecule has 3 heteroatoms. The van der Waals surface area contributed by atoms with Crippen molar-refractivity contribution in [2.45, 2.75) is 6.04 Å². The van der Waals surface area contributed by atoms with Crippen LogP contribution in [0, 0.1) is 0 Å². The summed E-state index contributed by atoms with van der Waals surface area (Å²) < 4.78 is 0. The molecule has 40 valence electrons. The number of aldehydes is 2. The molecule has 0 saturated carbocycles. The quantitative estimate of drug-likeness (QED) is 0.365. The van der Waals surface area contributed by atoms with E-state index >= 15 is 0 Å². The molecule has 0 heterocycles. The van der Waals surface area contributed by atoms with E-state index in [2.05, 4.69) is 5.32 Å². The Bertz CT molecular complexity index is 64.1. The van der Waals surface area contributed by atoms with Gasteiger partial charge in [-0.2, -0.15) is 0 Å². The molecule has 1 N–H and O–H groups in total. The van der Waals surface area contributed by atoms with Crippen molar-refractivity contribution < 1.29 is 9.59 Å². The Morgan fingerprint density at radius 3 is 1.86 bits per heavy atom. The number of nitrogens with one attached hydrogen (secondary N) is 1. The molecule has 0 rings (SSSR count). The fourth-order valence-electron chi connectivity index (χ4n) is 0.168. The Kier molecular flexibility index (Phi) is 3.14. The normalized spacial score (nSPS) is 8.86. The lowest BCUT2D eigenvalue weighted by molar-refractivity contribution is -0.116. The van der Waals surface area contributed by atoms with Crippen LogP contribution in [0.4, 0.5) is 0 Å². The molecule has 0 aliphatic heterocycles. The molecule has 0 fully saturated rings. The highest BCUT2D eigenvalue weighted by Gasteiger charge is 1.95. The minimum absolute atomic E-state index is 0.549. The molecule has 0 aromatic rings. The maximum absolute atomic E-state index is 9.67. The molecule has 0 aromatic heterocycles. The van der Waals surface area contributed by atoms with E-state index in [1.807, 2.05) is 0 Å². The van der Waals surface area contributed by atoms with Crippen LogP contribution in [0.15, 0.2) is 0 Å². The molecular formula is C4H7NO2. The largest absolute Gasteiger partial charge is 0.305 e. The van der Waals surface area contributed by atoms with Crippen LogP contribution < -0.4 is 5.32 Å². The SMILES string of the molecule is CNC(C=O)C=O. The zero-order valence-electron chi connectivity index (χ0n) is 4.05. The van der Waals surface area contributed by atoms with E-state index in [0.717, 1.165) is 0 Å². The molecule has 0 unspecified atom stereocenters. The molecule has 0 aromatic carbocycles. The third kappa shape index (κ3) is 2.05. The molecule has 3 nitrogen and oxygen atoms in total. The van der Waals surface area contributed by atoms with Gasteiger partial charge in [-0.15, -0.1) is 0 Å². The van der Waals surface area contributed by atoms with Crippen molar-refractivity contribution in [3.05, 3.63) is 0 Å². The minimum atomic E-state index is -0.625. The highest BCUT2D eigenvalue weighted by atomic mass is 16.1. The van der Waals surface area contributed by atoms with Gasteiger partial charge in [-0.05, 0) is 7.05 Å². The van der Waals surface area contributed by atoms with Crippen molar-refractivity contribution in [1.82, 2.24) is 5.32 Å². The molecule has 0 spiro atoms. The van der Waals surface area contributed by atoms with Gasteiger partial charge in [0.1, 0.15) is 18.6 Å². The van der Waals surface area contributed by atoms with Gasteiger partial charge in [-0.3, -0.25) is 0 Å². The Morgan fingerprint density at radius 2 is 1.86 bits per heavy atom. The second-order valence-corrected chi connectivity index (χ2v) is 1.09. The topological polar surface area (TPSA) is 46.2 Å². The van der Waals surface area contributed by atoms with Gasteiger partial charge in [0.2, 0.25) is 0 Å². The van der Waals surface area contributed by atoms with E-state index in [1.54, 1.807) is 7.05 Å². The monoisotopic (exact) mass is 101 g/mol. The average molecular weight is 101 g/mol. The standard InChI is InChI=1S/C4H7NO2/c1-5-4(2-6)3-7/h2-5H,1H3. The van der Waals surface area contributed by atoms with E-state index in [0.29, 0.717) is 12.6 Å². The van der Waals surface area contributed by atoms with Crippen LogP contribution in [0.2, 0.25) is 0 Å². The van der Waals surface area contributed by atoms with Crippen LogP contribution in [0.3, 0.4) is 0 Å². The molecule has 0 aliphatic carbocycles. The van der Waals surface area contributed by atoms with E-state index in [1.165, 1.54) is 0 Å². The molecule has 0 radical (unpaired) electrons. The minimum Gasteiger partial charge on any atom is -0.305 e. The summed E-state index contributed by atoms with van der Waals surface area (Å²) in [5, 5.41) is 2.47. The van der Waals surface area contributed by atoms with Crippen molar-refractivity contribution in [1.29, 1.82) is 0 Å². The van der Waals surface area contributed by atoms with Crippen LogP contribution in [-0.2, 0) is 9.59 Å². The summed E-state index contributed by atoms with van der Waals surface area (Å²) in [5.41, 5.74) is 0. The summed E-state index contributed by atoms with van der Waals surface area (Å²) in [7, 11) is 1.55. The first-order valence-electron chi connectivity index (χ1n) is 1.93. The molecule has 0 amide bonds. The van der Waals surface area contributed by atoms with Crippen molar-refractivity contribution in [3.63, 3.8) is 0 Å². The predicted molar refractivity (Wildman–Crippen MR) is 25.0 cm³/mol. The summed E-state index contributed by atoms with van der Waals surface area (Å²) in [6, 6.07) is -0.625. The van der Waals surface area contributed by atoms with Crippen LogP contribution >= 0.6 is 0 Å². The molecule has 7 heavy (non-hydrogen) atoms. The van der Waals surface area contributed by atoms with Gasteiger partial charge in [0.25, 0.3) is 0 Å². The lowest BCUT2D eigenvalue weighted by Crippen LogP contribution is -2.27. The predicted octanol–water partition coefficient (Wildman–Crippen LogP) is -1.03. The smallest absolute Gasteiger partial charge is 0.144 e. The molecule has 0 aliphatic rings. The Balaban J connectivity index is 3.36. The van der Waals surface area contributed by atoms with Crippen molar-refractivity contribution >= 4 is 12.6 Å². The molecule has 0 atom stereocenters. The van der Waals surface area contributed by atoms with Crippen molar-refractivity contribution in [2.24, 2.45) is 0 Å². The van der Waals surface area contributed by atoms with E-state index in [4.69, 9.17) is 0 Å². The van der Waals surface area contributed by atoms with Crippen LogP contribution in [0.25, 0.3) is 0 Å². The zero-order valence-corrected chi connectivity index (χ0v) is 4.05. The summed E-state index contributed by atoms with van der Waals surface area (Å²) in [5.74, 6) is 0.